The zero-order chi connectivity index (χ0) is 14.8. The van der Waals surface area contributed by atoms with Crippen LogP contribution in [0.15, 0.2) is 41.3 Å². The Hall–Kier alpha value is -1.12. The number of nitrogens with zero attached hydrogens (tertiary/aromatic N) is 1. The Morgan fingerprint density at radius 1 is 1.25 bits per heavy atom. The Morgan fingerprint density at radius 2 is 1.90 bits per heavy atom. The smallest absolute Gasteiger partial charge is 0.243 e. The second kappa shape index (κ2) is 6.11. The normalized spacial score (nSPS) is 11.8. The van der Waals surface area contributed by atoms with Crippen molar-refractivity contribution < 1.29 is 8.42 Å². The van der Waals surface area contributed by atoms with Crippen LogP contribution in [0.2, 0.25) is 4.34 Å². The Kier molecular flexibility index (Phi) is 4.66. The summed E-state index contributed by atoms with van der Waals surface area (Å²) in [4.78, 5) is 1.11. The molecule has 20 heavy (non-hydrogen) atoms. The first kappa shape index (κ1) is 15.3. The summed E-state index contributed by atoms with van der Waals surface area (Å²) in [7, 11) is -1.98. The van der Waals surface area contributed by atoms with Crippen molar-refractivity contribution in [2.75, 3.05) is 12.5 Å². The van der Waals surface area contributed by atoms with Crippen molar-refractivity contribution >= 4 is 38.6 Å². The minimum Gasteiger partial charge on any atom is -0.324 e. The number of nitrogens with two attached hydrogens (primary N) is 1. The highest BCUT2D eigenvalue weighted by atomic mass is 35.5. The molecule has 0 unspecified atom stereocenters. The van der Waals surface area contributed by atoms with Gasteiger partial charge in [0.15, 0.2) is 0 Å². The first-order chi connectivity index (χ1) is 9.43. The minimum absolute atomic E-state index is 0.224. The predicted molar refractivity (Wildman–Crippen MR) is 82.2 cm³/mol. The predicted octanol–water partition coefficient (Wildman–Crippen LogP) is 2.51. The van der Waals surface area contributed by atoms with Crippen molar-refractivity contribution in [2.24, 2.45) is 5.84 Å². The molecule has 0 aliphatic rings. The van der Waals surface area contributed by atoms with Crippen LogP contribution in [0.25, 0.3) is 0 Å². The number of benzene rings is 1. The van der Waals surface area contributed by atoms with Gasteiger partial charge < -0.3 is 5.43 Å². The van der Waals surface area contributed by atoms with Crippen LogP contribution in [-0.2, 0) is 16.6 Å². The van der Waals surface area contributed by atoms with Crippen LogP contribution < -0.4 is 11.3 Å². The first-order valence-electron chi connectivity index (χ1n) is 5.70. The maximum absolute atomic E-state index is 12.4. The highest BCUT2D eigenvalue weighted by Gasteiger charge is 2.21. The van der Waals surface area contributed by atoms with Gasteiger partial charge in [0.1, 0.15) is 0 Å². The first-order valence-corrected chi connectivity index (χ1v) is 8.34. The lowest BCUT2D eigenvalue weighted by Crippen LogP contribution is -2.26. The van der Waals surface area contributed by atoms with Crippen molar-refractivity contribution in [3.63, 3.8) is 0 Å². The van der Waals surface area contributed by atoms with Gasteiger partial charge in [-0.25, -0.2) is 8.42 Å². The molecule has 2 rings (SSSR count). The van der Waals surface area contributed by atoms with E-state index in [1.54, 1.807) is 18.2 Å². The average molecular weight is 332 g/mol. The standard InChI is InChI=1S/C12H14ClN3O2S2/c1-16(8-10-4-7-12(13)19-10)20(17,18)11-5-2-9(15-14)3-6-11/h2-7,15H,8,14H2,1H3. The van der Waals surface area contributed by atoms with Gasteiger partial charge in [0, 0.05) is 24.2 Å². The second-order valence-corrected chi connectivity index (χ2v) is 7.98. The molecule has 0 atom stereocenters. The van der Waals surface area contributed by atoms with E-state index in [1.165, 1.54) is 34.8 Å². The second-order valence-electron chi connectivity index (χ2n) is 4.14. The van der Waals surface area contributed by atoms with Crippen LogP contribution in [-0.4, -0.2) is 19.8 Å². The van der Waals surface area contributed by atoms with Gasteiger partial charge in [0.2, 0.25) is 10.0 Å². The summed E-state index contributed by atoms with van der Waals surface area (Å²) in [6.45, 7) is 0.288. The van der Waals surface area contributed by atoms with Crippen molar-refractivity contribution in [1.29, 1.82) is 0 Å². The van der Waals surface area contributed by atoms with E-state index in [9.17, 15) is 8.42 Å². The molecule has 8 heteroatoms. The number of rotatable bonds is 5. The Bertz CT molecular complexity index is 683. The van der Waals surface area contributed by atoms with Gasteiger partial charge in [0.25, 0.3) is 0 Å². The fourth-order valence-corrected chi connectivity index (χ4v) is 4.02. The zero-order valence-electron chi connectivity index (χ0n) is 10.7. The summed E-state index contributed by atoms with van der Waals surface area (Å²) >= 11 is 7.21. The third kappa shape index (κ3) is 3.31. The third-order valence-electron chi connectivity index (χ3n) is 2.74. The number of nitrogens with one attached hydrogen (secondary N) is 1. The topological polar surface area (TPSA) is 75.4 Å². The summed E-state index contributed by atoms with van der Waals surface area (Å²) in [6, 6.07) is 9.83. The Morgan fingerprint density at radius 3 is 2.40 bits per heavy atom. The van der Waals surface area contributed by atoms with Gasteiger partial charge in [-0.2, -0.15) is 4.31 Å². The van der Waals surface area contributed by atoms with Crippen molar-refractivity contribution in [3.8, 4) is 0 Å². The zero-order valence-corrected chi connectivity index (χ0v) is 13.1. The molecule has 0 aliphatic heterocycles. The molecule has 0 spiro atoms. The maximum Gasteiger partial charge on any atom is 0.243 e. The summed E-state index contributed by atoms with van der Waals surface area (Å²) < 4.78 is 26.7. The molecule has 0 fully saturated rings. The molecule has 0 amide bonds. The Balaban J connectivity index is 2.19. The van der Waals surface area contributed by atoms with E-state index in [2.05, 4.69) is 5.43 Å². The summed E-state index contributed by atoms with van der Waals surface area (Å²) in [5.74, 6) is 5.25. The highest BCUT2D eigenvalue weighted by molar-refractivity contribution is 7.89. The number of hydrogen-bond donors (Lipinski definition) is 2. The van der Waals surface area contributed by atoms with E-state index in [-0.39, 0.29) is 11.4 Å². The van der Waals surface area contributed by atoms with E-state index in [0.29, 0.717) is 10.0 Å². The molecule has 0 aliphatic carbocycles. The van der Waals surface area contributed by atoms with Gasteiger partial charge in [-0.1, -0.05) is 11.6 Å². The van der Waals surface area contributed by atoms with E-state index in [0.717, 1.165) is 4.88 Å². The monoisotopic (exact) mass is 331 g/mol. The average Bonchev–Trinajstić information content (AvgIpc) is 2.84. The summed E-state index contributed by atoms with van der Waals surface area (Å²) in [5.41, 5.74) is 3.11. The van der Waals surface area contributed by atoms with Gasteiger partial charge in [0.05, 0.1) is 9.23 Å². The fraction of sp³-hybridized carbons (Fsp3) is 0.167. The van der Waals surface area contributed by atoms with E-state index >= 15 is 0 Å². The highest BCUT2D eigenvalue weighted by Crippen LogP contribution is 2.25. The summed E-state index contributed by atoms with van der Waals surface area (Å²) in [6.07, 6.45) is 0. The van der Waals surface area contributed by atoms with Crippen LogP contribution in [0.3, 0.4) is 0 Å². The molecular formula is C12H14ClN3O2S2. The van der Waals surface area contributed by atoms with Crippen LogP contribution in [0.5, 0.6) is 0 Å². The van der Waals surface area contributed by atoms with Crippen molar-refractivity contribution in [3.05, 3.63) is 45.6 Å². The number of thiophene rings is 1. The molecule has 108 valence electrons. The van der Waals surface area contributed by atoms with Crippen LogP contribution >= 0.6 is 22.9 Å². The number of hydrogen-bond acceptors (Lipinski definition) is 5. The van der Waals surface area contributed by atoms with E-state index in [4.69, 9.17) is 17.4 Å². The minimum atomic E-state index is -3.52. The van der Waals surface area contributed by atoms with Gasteiger partial charge >= 0.3 is 0 Å². The SMILES string of the molecule is CN(Cc1ccc(Cl)s1)S(=O)(=O)c1ccc(NN)cc1. The van der Waals surface area contributed by atoms with Gasteiger partial charge in [-0.05, 0) is 36.4 Å². The van der Waals surface area contributed by atoms with Crippen LogP contribution in [0, 0.1) is 0 Å². The molecule has 5 nitrogen and oxygen atoms in total. The molecule has 0 saturated heterocycles. The lowest BCUT2D eigenvalue weighted by molar-refractivity contribution is 0.469. The molecule has 0 saturated carbocycles. The molecule has 1 aromatic heterocycles. The van der Waals surface area contributed by atoms with Gasteiger partial charge in [-0.3, -0.25) is 5.84 Å². The molecular weight excluding hydrogens is 318 g/mol. The van der Waals surface area contributed by atoms with Gasteiger partial charge in [-0.15, -0.1) is 11.3 Å². The molecule has 1 aromatic carbocycles. The molecule has 0 radical (unpaired) electrons. The lowest BCUT2D eigenvalue weighted by Gasteiger charge is -2.16. The quantitative estimate of drug-likeness (QED) is 0.652. The number of sulfonamides is 1. The maximum atomic E-state index is 12.4. The summed E-state index contributed by atoms with van der Waals surface area (Å²) in [5, 5.41) is 0. The molecule has 3 N–H and O–H groups in total. The largest absolute Gasteiger partial charge is 0.324 e. The van der Waals surface area contributed by atoms with Crippen molar-refractivity contribution in [1.82, 2.24) is 4.31 Å². The van der Waals surface area contributed by atoms with Crippen molar-refractivity contribution in [2.45, 2.75) is 11.4 Å². The van der Waals surface area contributed by atoms with Crippen LogP contribution in [0.4, 0.5) is 5.69 Å². The van der Waals surface area contributed by atoms with E-state index in [1.807, 2.05) is 6.07 Å². The lowest BCUT2D eigenvalue weighted by atomic mass is 10.3. The number of anilines is 1. The Labute approximate surface area is 127 Å². The molecule has 1 heterocycles. The number of halogens is 1. The molecule has 2 aromatic rings. The van der Waals surface area contributed by atoms with E-state index < -0.39 is 10.0 Å². The third-order valence-corrected chi connectivity index (χ3v) is 5.77. The number of nitrogen functional groups attached to an aromatic ring is 1. The number of hydrazine groups is 1. The van der Waals surface area contributed by atoms with Crippen LogP contribution in [0.1, 0.15) is 4.88 Å². The molecule has 0 bridgehead atoms. The fourth-order valence-electron chi connectivity index (χ4n) is 1.64.